The number of pyridine rings is 1. The van der Waals surface area contributed by atoms with Crippen molar-refractivity contribution in [3.63, 3.8) is 0 Å². The summed E-state index contributed by atoms with van der Waals surface area (Å²) in [5.74, 6) is 0.610. The first-order valence-corrected chi connectivity index (χ1v) is 8.96. The van der Waals surface area contributed by atoms with Gasteiger partial charge < -0.3 is 4.90 Å². The van der Waals surface area contributed by atoms with Crippen LogP contribution in [-0.2, 0) is 32.6 Å². The number of aromatic nitrogens is 3. The van der Waals surface area contributed by atoms with Gasteiger partial charge in [0.2, 0.25) is 0 Å². The van der Waals surface area contributed by atoms with E-state index in [4.69, 9.17) is 0 Å². The fourth-order valence-corrected chi connectivity index (χ4v) is 3.87. The molecule has 0 spiro atoms. The number of hydrogen-bond acceptors (Lipinski definition) is 4. The predicted octanol–water partition coefficient (Wildman–Crippen LogP) is 2.64. The minimum absolute atomic E-state index is 0.610. The fourth-order valence-electron chi connectivity index (χ4n) is 3.87. The third-order valence-corrected chi connectivity index (χ3v) is 5.34. The van der Waals surface area contributed by atoms with Crippen molar-refractivity contribution >= 4 is 5.82 Å². The van der Waals surface area contributed by atoms with Crippen molar-refractivity contribution in [1.82, 2.24) is 19.7 Å². The molecule has 2 aromatic heterocycles. The van der Waals surface area contributed by atoms with Crippen LogP contribution in [0.4, 0.5) is 19.0 Å². The lowest BCUT2D eigenvalue weighted by Crippen LogP contribution is -2.46. The molecule has 2 aromatic rings. The molecule has 1 fully saturated rings. The van der Waals surface area contributed by atoms with Crippen molar-refractivity contribution in [1.29, 1.82) is 0 Å². The smallest absolute Gasteiger partial charge is 0.354 e. The molecule has 26 heavy (non-hydrogen) atoms. The molecule has 0 aromatic carbocycles. The molecule has 0 saturated carbocycles. The van der Waals surface area contributed by atoms with Gasteiger partial charge in [0.05, 0.1) is 17.0 Å². The SMILES string of the molecule is Cn1nc2c(c1CN1CCN(c3ccc(C(F)(F)F)cn3)CC1)CCC2. The molecular weight excluding hydrogens is 343 g/mol. The molecule has 8 heteroatoms. The third-order valence-electron chi connectivity index (χ3n) is 5.34. The summed E-state index contributed by atoms with van der Waals surface area (Å²) in [6.45, 7) is 4.13. The fraction of sp³-hybridized carbons (Fsp3) is 0.556. The molecule has 5 nitrogen and oxygen atoms in total. The second kappa shape index (κ2) is 6.57. The zero-order chi connectivity index (χ0) is 18.3. The minimum Gasteiger partial charge on any atom is -0.354 e. The molecule has 1 aliphatic carbocycles. The van der Waals surface area contributed by atoms with E-state index in [9.17, 15) is 13.2 Å². The molecule has 0 radical (unpaired) electrons. The molecule has 2 aliphatic rings. The van der Waals surface area contributed by atoms with Gasteiger partial charge in [0.1, 0.15) is 5.82 Å². The summed E-state index contributed by atoms with van der Waals surface area (Å²) in [6, 6.07) is 2.57. The van der Waals surface area contributed by atoms with Crippen molar-refractivity contribution < 1.29 is 13.2 Å². The maximum Gasteiger partial charge on any atom is 0.417 e. The second-order valence-corrected chi connectivity index (χ2v) is 7.02. The first kappa shape index (κ1) is 17.3. The third kappa shape index (κ3) is 3.30. The van der Waals surface area contributed by atoms with E-state index in [1.165, 1.54) is 29.4 Å². The zero-order valence-corrected chi connectivity index (χ0v) is 14.8. The lowest BCUT2D eigenvalue weighted by Gasteiger charge is -2.35. The number of piperazine rings is 1. The number of alkyl halides is 3. The van der Waals surface area contributed by atoms with E-state index in [1.54, 1.807) is 0 Å². The summed E-state index contributed by atoms with van der Waals surface area (Å²) in [6.07, 6.45) is -0.0302. The minimum atomic E-state index is -4.34. The van der Waals surface area contributed by atoms with Crippen molar-refractivity contribution in [3.05, 3.63) is 40.8 Å². The van der Waals surface area contributed by atoms with Crippen LogP contribution in [0.15, 0.2) is 18.3 Å². The van der Waals surface area contributed by atoms with Gasteiger partial charge >= 0.3 is 6.18 Å². The Morgan fingerprint density at radius 2 is 1.85 bits per heavy atom. The van der Waals surface area contributed by atoms with Crippen LogP contribution in [0.25, 0.3) is 0 Å². The Hall–Kier alpha value is -2.09. The van der Waals surface area contributed by atoms with E-state index in [0.29, 0.717) is 5.82 Å². The average molecular weight is 365 g/mol. The standard InChI is InChI=1S/C18H22F3N5/c1-24-16(14-3-2-4-15(14)23-24)12-25-7-9-26(10-8-25)17-6-5-13(11-22-17)18(19,20)21/h5-6,11H,2-4,7-10,12H2,1H3. The summed E-state index contributed by atoms with van der Waals surface area (Å²) in [5, 5.41) is 4.62. The molecule has 4 rings (SSSR count). The predicted molar refractivity (Wildman–Crippen MR) is 92.0 cm³/mol. The molecule has 0 bridgehead atoms. The van der Waals surface area contributed by atoms with Gasteiger partial charge in [0.25, 0.3) is 0 Å². The monoisotopic (exact) mass is 365 g/mol. The van der Waals surface area contributed by atoms with Crippen molar-refractivity contribution in [2.75, 3.05) is 31.1 Å². The normalized spacial score (nSPS) is 18.4. The van der Waals surface area contributed by atoms with Gasteiger partial charge in [-0.05, 0) is 37.0 Å². The Morgan fingerprint density at radius 3 is 2.50 bits per heavy atom. The molecule has 140 valence electrons. The van der Waals surface area contributed by atoms with Crippen LogP contribution in [0.5, 0.6) is 0 Å². The molecule has 3 heterocycles. The van der Waals surface area contributed by atoms with Gasteiger partial charge in [-0.3, -0.25) is 9.58 Å². The number of hydrogen-bond donors (Lipinski definition) is 0. The zero-order valence-electron chi connectivity index (χ0n) is 14.8. The Bertz CT molecular complexity index is 773. The summed E-state index contributed by atoms with van der Waals surface area (Å²) in [5.41, 5.74) is 3.26. The van der Waals surface area contributed by atoms with E-state index >= 15 is 0 Å². The quantitative estimate of drug-likeness (QED) is 0.838. The number of anilines is 1. The van der Waals surface area contributed by atoms with Gasteiger partial charge in [-0.2, -0.15) is 18.3 Å². The van der Waals surface area contributed by atoms with E-state index < -0.39 is 11.7 Å². The number of aryl methyl sites for hydroxylation is 2. The Morgan fingerprint density at radius 1 is 1.08 bits per heavy atom. The highest BCUT2D eigenvalue weighted by Gasteiger charge is 2.31. The molecule has 0 atom stereocenters. The van der Waals surface area contributed by atoms with Crippen LogP contribution in [0.2, 0.25) is 0 Å². The summed E-state index contributed by atoms with van der Waals surface area (Å²) < 4.78 is 40.0. The highest BCUT2D eigenvalue weighted by molar-refractivity contribution is 5.40. The van der Waals surface area contributed by atoms with Crippen LogP contribution in [0.3, 0.4) is 0 Å². The Kier molecular flexibility index (Phi) is 4.38. The van der Waals surface area contributed by atoms with Crippen molar-refractivity contribution in [3.8, 4) is 0 Å². The summed E-state index contributed by atoms with van der Waals surface area (Å²) in [7, 11) is 2.01. The number of rotatable bonds is 3. The largest absolute Gasteiger partial charge is 0.417 e. The lowest BCUT2D eigenvalue weighted by molar-refractivity contribution is -0.137. The molecular formula is C18H22F3N5. The van der Waals surface area contributed by atoms with Gasteiger partial charge in [-0.1, -0.05) is 0 Å². The second-order valence-electron chi connectivity index (χ2n) is 7.02. The molecule has 0 unspecified atom stereocenters. The van der Waals surface area contributed by atoms with Crippen LogP contribution >= 0.6 is 0 Å². The average Bonchev–Trinajstić information content (AvgIpc) is 3.17. The highest BCUT2D eigenvalue weighted by Crippen LogP contribution is 2.30. The van der Waals surface area contributed by atoms with Gasteiger partial charge in [0.15, 0.2) is 0 Å². The highest BCUT2D eigenvalue weighted by atomic mass is 19.4. The van der Waals surface area contributed by atoms with Gasteiger partial charge in [-0.15, -0.1) is 0 Å². The van der Waals surface area contributed by atoms with Crippen LogP contribution in [-0.4, -0.2) is 45.8 Å². The van der Waals surface area contributed by atoms with Gasteiger partial charge in [0, 0.05) is 46.0 Å². The number of nitrogens with zero attached hydrogens (tertiary/aromatic N) is 5. The van der Waals surface area contributed by atoms with E-state index in [0.717, 1.165) is 57.8 Å². The first-order valence-electron chi connectivity index (χ1n) is 8.96. The van der Waals surface area contributed by atoms with Crippen LogP contribution < -0.4 is 4.90 Å². The Balaban J connectivity index is 1.37. The maximum absolute atomic E-state index is 12.7. The maximum atomic E-state index is 12.7. The van der Waals surface area contributed by atoms with E-state index in [2.05, 4.69) is 15.0 Å². The Labute approximate surface area is 150 Å². The first-order chi connectivity index (χ1) is 12.4. The van der Waals surface area contributed by atoms with Crippen LogP contribution in [0, 0.1) is 0 Å². The number of fused-ring (bicyclic) bond motifs is 1. The summed E-state index contributed by atoms with van der Waals surface area (Å²) >= 11 is 0. The number of halogens is 3. The molecule has 0 amide bonds. The van der Waals surface area contributed by atoms with Gasteiger partial charge in [-0.25, -0.2) is 4.98 Å². The van der Waals surface area contributed by atoms with Crippen LogP contribution in [0.1, 0.15) is 28.9 Å². The summed E-state index contributed by atoms with van der Waals surface area (Å²) in [4.78, 5) is 8.44. The van der Waals surface area contributed by atoms with Crippen molar-refractivity contribution in [2.24, 2.45) is 7.05 Å². The van der Waals surface area contributed by atoms with Crippen molar-refractivity contribution in [2.45, 2.75) is 32.0 Å². The topological polar surface area (TPSA) is 37.2 Å². The van der Waals surface area contributed by atoms with E-state index in [1.807, 2.05) is 16.6 Å². The van der Waals surface area contributed by atoms with E-state index in [-0.39, 0.29) is 0 Å². The molecule has 1 saturated heterocycles. The lowest BCUT2D eigenvalue weighted by atomic mass is 10.1. The molecule has 1 aliphatic heterocycles. The molecule has 0 N–H and O–H groups in total.